The maximum absolute atomic E-state index is 12.6. The molecule has 9 heteroatoms. The predicted octanol–water partition coefficient (Wildman–Crippen LogP) is 5.18. The van der Waals surface area contributed by atoms with E-state index >= 15 is 0 Å². The van der Waals surface area contributed by atoms with Gasteiger partial charge >= 0.3 is 6.61 Å². The summed E-state index contributed by atoms with van der Waals surface area (Å²) in [4.78, 5) is 30.7. The third-order valence-corrected chi connectivity index (χ3v) is 5.63. The van der Waals surface area contributed by atoms with Crippen LogP contribution in [0.25, 0.3) is 11.3 Å². The fourth-order valence-corrected chi connectivity index (χ4v) is 4.08. The van der Waals surface area contributed by atoms with Crippen LogP contribution in [0.2, 0.25) is 0 Å². The first-order valence-electron chi connectivity index (χ1n) is 9.73. The second kappa shape index (κ2) is 9.22. The van der Waals surface area contributed by atoms with Gasteiger partial charge in [-0.25, -0.2) is 4.98 Å². The first-order chi connectivity index (χ1) is 15.0. The summed E-state index contributed by atoms with van der Waals surface area (Å²) < 4.78 is 29.8. The van der Waals surface area contributed by atoms with Crippen molar-refractivity contribution in [2.75, 3.05) is 16.8 Å². The Morgan fingerprint density at radius 2 is 1.90 bits per heavy atom. The number of hydrogen-bond donors (Lipinski definition) is 1. The molecule has 6 nitrogen and oxygen atoms in total. The van der Waals surface area contributed by atoms with Crippen LogP contribution < -0.4 is 15.0 Å². The van der Waals surface area contributed by atoms with Gasteiger partial charge in [-0.15, -0.1) is 11.3 Å². The topological polar surface area (TPSA) is 71.5 Å². The minimum absolute atomic E-state index is 0.0172. The smallest absolute Gasteiger partial charge is 0.387 e. The number of hydrogen-bond acceptors (Lipinski definition) is 5. The number of para-hydroxylation sites is 1. The zero-order chi connectivity index (χ0) is 21.8. The highest BCUT2D eigenvalue weighted by molar-refractivity contribution is 7.14. The average Bonchev–Trinajstić information content (AvgIpc) is 3.22. The van der Waals surface area contributed by atoms with Crippen molar-refractivity contribution in [2.45, 2.75) is 25.9 Å². The van der Waals surface area contributed by atoms with Gasteiger partial charge in [0.15, 0.2) is 5.13 Å². The Bertz CT molecular complexity index is 1090. The number of rotatable bonds is 6. The summed E-state index contributed by atoms with van der Waals surface area (Å²) in [5, 5.41) is 4.71. The van der Waals surface area contributed by atoms with E-state index < -0.39 is 6.61 Å². The molecule has 0 saturated carbocycles. The minimum Gasteiger partial charge on any atom is -0.434 e. The second-order valence-electron chi connectivity index (χ2n) is 6.92. The molecule has 160 valence electrons. The van der Waals surface area contributed by atoms with E-state index in [0.717, 1.165) is 18.5 Å². The molecule has 1 aliphatic heterocycles. The molecule has 1 N–H and O–H groups in total. The summed E-state index contributed by atoms with van der Waals surface area (Å²) >= 11 is 1.18. The van der Waals surface area contributed by atoms with Gasteiger partial charge in [0.1, 0.15) is 5.75 Å². The molecule has 1 fully saturated rings. The Morgan fingerprint density at radius 1 is 1.13 bits per heavy atom. The number of nitrogens with zero attached hydrogens (tertiary/aromatic N) is 2. The maximum atomic E-state index is 12.6. The summed E-state index contributed by atoms with van der Waals surface area (Å²) in [6.07, 6.45) is 2.41. The van der Waals surface area contributed by atoms with Crippen molar-refractivity contribution in [1.82, 2.24) is 4.98 Å². The molecule has 0 radical (unpaired) electrons. The average molecular weight is 443 g/mol. The van der Waals surface area contributed by atoms with Crippen LogP contribution in [0.1, 0.15) is 29.6 Å². The van der Waals surface area contributed by atoms with Gasteiger partial charge in [-0.3, -0.25) is 14.9 Å². The molecule has 0 unspecified atom stereocenters. The van der Waals surface area contributed by atoms with Crippen LogP contribution in [0.5, 0.6) is 5.75 Å². The van der Waals surface area contributed by atoms with Crippen LogP contribution in [0.15, 0.2) is 53.9 Å². The van der Waals surface area contributed by atoms with Gasteiger partial charge in [0.2, 0.25) is 5.91 Å². The van der Waals surface area contributed by atoms with Crippen LogP contribution in [0.4, 0.5) is 19.6 Å². The molecule has 31 heavy (non-hydrogen) atoms. The first-order valence-corrected chi connectivity index (χ1v) is 10.6. The molecular formula is C22H19F2N3O3S. The van der Waals surface area contributed by atoms with Crippen LogP contribution in [-0.4, -0.2) is 30.0 Å². The SMILES string of the molecule is O=C(Nc1nc(-c2ccccc2OC(F)F)cs1)c1ccc(N2CCCCC2=O)cc1. The number of piperidine rings is 1. The zero-order valence-electron chi connectivity index (χ0n) is 16.4. The Hall–Kier alpha value is -3.33. The van der Waals surface area contributed by atoms with Gasteiger partial charge in [-0.05, 0) is 49.2 Å². The van der Waals surface area contributed by atoms with Gasteiger partial charge in [0.25, 0.3) is 5.91 Å². The molecule has 0 spiro atoms. The molecule has 4 rings (SSSR count). The number of ether oxygens (including phenoxy) is 1. The van der Waals surface area contributed by atoms with Crippen LogP contribution in [-0.2, 0) is 4.79 Å². The summed E-state index contributed by atoms with van der Waals surface area (Å²) in [7, 11) is 0. The number of carbonyl (C=O) groups is 2. The number of anilines is 2. The summed E-state index contributed by atoms with van der Waals surface area (Å²) in [5.41, 5.74) is 2.03. The first kappa shape index (κ1) is 20.9. The third-order valence-electron chi connectivity index (χ3n) is 4.87. The van der Waals surface area contributed by atoms with Gasteiger partial charge in [0, 0.05) is 35.2 Å². The fourth-order valence-electron chi connectivity index (χ4n) is 3.37. The van der Waals surface area contributed by atoms with Gasteiger partial charge in [-0.2, -0.15) is 8.78 Å². The molecule has 2 amide bonds. The lowest BCUT2D eigenvalue weighted by Gasteiger charge is -2.26. The van der Waals surface area contributed by atoms with Gasteiger partial charge in [0.05, 0.1) is 5.69 Å². The Balaban J connectivity index is 1.45. The number of amides is 2. The minimum atomic E-state index is -2.94. The van der Waals surface area contributed by atoms with Crippen molar-refractivity contribution in [2.24, 2.45) is 0 Å². The highest BCUT2D eigenvalue weighted by atomic mass is 32.1. The number of carbonyl (C=O) groups excluding carboxylic acids is 2. The standard InChI is InChI=1S/C22H19F2N3O3S/c23-21(24)30-18-6-2-1-5-16(18)17-13-31-22(25-17)26-20(29)14-8-10-15(11-9-14)27-12-4-3-7-19(27)28/h1-2,5-6,8-11,13,21H,3-4,7,12H2,(H,25,26,29). The van der Waals surface area contributed by atoms with Crippen molar-refractivity contribution in [3.63, 3.8) is 0 Å². The molecule has 1 aliphatic rings. The van der Waals surface area contributed by atoms with Crippen molar-refractivity contribution >= 4 is 34.0 Å². The molecule has 1 saturated heterocycles. The van der Waals surface area contributed by atoms with Gasteiger partial charge in [-0.1, -0.05) is 12.1 Å². The molecule has 2 aromatic carbocycles. The van der Waals surface area contributed by atoms with E-state index in [4.69, 9.17) is 0 Å². The lowest BCUT2D eigenvalue weighted by molar-refractivity contribution is -0.119. The Morgan fingerprint density at radius 3 is 2.65 bits per heavy atom. The number of alkyl halides is 2. The number of aromatic nitrogens is 1. The van der Waals surface area contributed by atoms with E-state index in [1.54, 1.807) is 52.7 Å². The number of halogens is 2. The molecule has 3 aromatic rings. The van der Waals surface area contributed by atoms with Crippen molar-refractivity contribution in [3.8, 4) is 17.0 Å². The summed E-state index contributed by atoms with van der Waals surface area (Å²) in [6.45, 7) is -2.26. The molecule has 0 bridgehead atoms. The molecule has 0 atom stereocenters. The largest absolute Gasteiger partial charge is 0.434 e. The van der Waals surface area contributed by atoms with Crippen LogP contribution in [0, 0.1) is 0 Å². The van der Waals surface area contributed by atoms with E-state index in [9.17, 15) is 18.4 Å². The van der Waals surface area contributed by atoms with Crippen LogP contribution >= 0.6 is 11.3 Å². The zero-order valence-corrected chi connectivity index (χ0v) is 17.2. The van der Waals surface area contributed by atoms with E-state index in [2.05, 4.69) is 15.0 Å². The lowest BCUT2D eigenvalue weighted by atomic mass is 10.1. The highest BCUT2D eigenvalue weighted by Crippen LogP contribution is 2.33. The maximum Gasteiger partial charge on any atom is 0.387 e. The fraction of sp³-hybridized carbons (Fsp3) is 0.227. The normalized spacial score (nSPS) is 14.0. The predicted molar refractivity (Wildman–Crippen MR) is 115 cm³/mol. The summed E-state index contributed by atoms with van der Waals surface area (Å²) in [6, 6.07) is 13.2. The van der Waals surface area contributed by atoms with E-state index in [0.29, 0.717) is 34.9 Å². The number of nitrogens with one attached hydrogen (secondary N) is 1. The van der Waals surface area contributed by atoms with E-state index in [1.807, 2.05) is 0 Å². The Labute approximate surface area is 181 Å². The molecule has 0 aliphatic carbocycles. The van der Waals surface area contributed by atoms with Crippen molar-refractivity contribution < 1.29 is 23.1 Å². The van der Waals surface area contributed by atoms with Crippen molar-refractivity contribution in [1.29, 1.82) is 0 Å². The second-order valence-corrected chi connectivity index (χ2v) is 7.77. The van der Waals surface area contributed by atoms with E-state index in [1.165, 1.54) is 17.4 Å². The number of benzene rings is 2. The third kappa shape index (κ3) is 4.88. The van der Waals surface area contributed by atoms with Crippen molar-refractivity contribution in [3.05, 3.63) is 59.5 Å². The molecular weight excluding hydrogens is 424 g/mol. The molecule has 1 aromatic heterocycles. The number of thiazole rings is 1. The monoisotopic (exact) mass is 443 g/mol. The summed E-state index contributed by atoms with van der Waals surface area (Å²) in [5.74, 6) is -0.243. The lowest BCUT2D eigenvalue weighted by Crippen LogP contribution is -2.35. The van der Waals surface area contributed by atoms with Gasteiger partial charge < -0.3 is 9.64 Å². The highest BCUT2D eigenvalue weighted by Gasteiger charge is 2.20. The molecule has 2 heterocycles. The van der Waals surface area contributed by atoms with E-state index in [-0.39, 0.29) is 17.6 Å². The van der Waals surface area contributed by atoms with Crippen LogP contribution in [0.3, 0.4) is 0 Å². The Kier molecular flexibility index (Phi) is 6.22. The quantitative estimate of drug-likeness (QED) is 0.570.